The average molecular weight is 1100 g/mol. The van der Waals surface area contributed by atoms with Gasteiger partial charge in [-0.1, -0.05) is 327 Å². The first-order valence-corrected chi connectivity index (χ1v) is 35.0. The van der Waals surface area contributed by atoms with Crippen molar-refractivity contribution in [2.75, 3.05) is 13.2 Å². The first-order chi connectivity index (χ1) is 38.5. The molecule has 1 atom stereocenters. The Bertz CT molecular complexity index is 1300. The number of hydrogen-bond donors (Lipinski definition) is 0. The van der Waals surface area contributed by atoms with E-state index in [0.29, 0.717) is 19.3 Å². The molecular formula is C72H134O6. The number of rotatable bonds is 65. The van der Waals surface area contributed by atoms with E-state index in [-0.39, 0.29) is 31.1 Å². The van der Waals surface area contributed by atoms with Crippen LogP contribution in [0, 0.1) is 0 Å². The van der Waals surface area contributed by atoms with E-state index in [1.165, 1.54) is 283 Å². The van der Waals surface area contributed by atoms with E-state index in [9.17, 15) is 14.4 Å². The van der Waals surface area contributed by atoms with E-state index in [4.69, 9.17) is 14.2 Å². The van der Waals surface area contributed by atoms with Crippen molar-refractivity contribution in [3.63, 3.8) is 0 Å². The fourth-order valence-corrected chi connectivity index (χ4v) is 10.6. The second kappa shape index (κ2) is 67.1. The second-order valence-corrected chi connectivity index (χ2v) is 23.8. The van der Waals surface area contributed by atoms with Crippen molar-refractivity contribution in [3.8, 4) is 0 Å². The second-order valence-electron chi connectivity index (χ2n) is 23.8. The van der Waals surface area contributed by atoms with Crippen LogP contribution in [0.5, 0.6) is 0 Å². The number of hydrogen-bond acceptors (Lipinski definition) is 6. The van der Waals surface area contributed by atoms with E-state index < -0.39 is 6.10 Å². The summed E-state index contributed by atoms with van der Waals surface area (Å²) in [6.45, 7) is 6.68. The van der Waals surface area contributed by atoms with Gasteiger partial charge in [0, 0.05) is 19.3 Å². The highest BCUT2D eigenvalue weighted by Gasteiger charge is 2.19. The maximum Gasteiger partial charge on any atom is 0.306 e. The molecule has 0 N–H and O–H groups in total. The molecule has 6 nitrogen and oxygen atoms in total. The summed E-state index contributed by atoms with van der Waals surface area (Å²) in [5, 5.41) is 0. The Kier molecular flexibility index (Phi) is 65.1. The van der Waals surface area contributed by atoms with Crippen molar-refractivity contribution in [1.29, 1.82) is 0 Å². The predicted molar refractivity (Wildman–Crippen MR) is 339 cm³/mol. The molecular weight excluding hydrogens is 961 g/mol. The van der Waals surface area contributed by atoms with Crippen LogP contribution < -0.4 is 0 Å². The number of esters is 3. The van der Waals surface area contributed by atoms with Crippen molar-refractivity contribution in [2.45, 2.75) is 393 Å². The summed E-state index contributed by atoms with van der Waals surface area (Å²) in [5.74, 6) is -0.845. The summed E-state index contributed by atoms with van der Waals surface area (Å²) in [5.41, 5.74) is 0. The van der Waals surface area contributed by atoms with Gasteiger partial charge >= 0.3 is 17.9 Å². The minimum absolute atomic E-state index is 0.0679. The van der Waals surface area contributed by atoms with Gasteiger partial charge in [0.1, 0.15) is 13.2 Å². The molecule has 0 aromatic heterocycles. The predicted octanol–water partition coefficient (Wildman–Crippen LogP) is 23.9. The molecule has 0 saturated heterocycles. The van der Waals surface area contributed by atoms with Crippen LogP contribution >= 0.6 is 0 Å². The van der Waals surface area contributed by atoms with E-state index in [1.54, 1.807) is 0 Å². The SMILES string of the molecule is CCCCCCC/C=C\C/C=C\CCCCCCCCCCCCCCCCCCCCCC(=O)OCC(COC(=O)CCCCCCCCCCCCCC)OC(=O)CCCCCCCCC/C=C\CCCCCCCC. The average Bonchev–Trinajstić information content (AvgIpc) is 3.44. The Morgan fingerprint density at radius 1 is 0.256 bits per heavy atom. The highest BCUT2D eigenvalue weighted by atomic mass is 16.6. The molecule has 0 aromatic carbocycles. The topological polar surface area (TPSA) is 78.9 Å². The molecule has 0 bridgehead atoms. The molecule has 0 aliphatic heterocycles. The van der Waals surface area contributed by atoms with Gasteiger partial charge in [0.05, 0.1) is 0 Å². The standard InChI is InChI=1S/C72H134O6/c1-4-7-10-13-16-19-22-25-27-29-30-31-32-33-34-35-36-37-38-39-40-41-42-44-45-47-50-53-56-59-62-65-71(74)77-68-69(67-76-70(73)64-61-58-55-52-49-24-21-18-15-12-9-6-3)78-72(75)66-63-60-57-54-51-48-46-43-28-26-23-20-17-14-11-8-5-2/h22,25-26,28-30,69H,4-21,23-24,27,31-68H2,1-3H3/b25-22-,28-26-,30-29-. The normalized spacial score (nSPS) is 12.2. The fourth-order valence-electron chi connectivity index (χ4n) is 10.6. The number of ether oxygens (including phenoxy) is 3. The number of carbonyl (C=O) groups excluding carboxylic acids is 3. The molecule has 6 heteroatoms. The van der Waals surface area contributed by atoms with Gasteiger partial charge in [-0.25, -0.2) is 0 Å². The van der Waals surface area contributed by atoms with Crippen LogP contribution in [0.4, 0.5) is 0 Å². The van der Waals surface area contributed by atoms with Crippen LogP contribution in [0.3, 0.4) is 0 Å². The molecule has 0 aromatic rings. The number of allylic oxidation sites excluding steroid dienone is 6. The zero-order valence-corrected chi connectivity index (χ0v) is 52.7. The Hall–Kier alpha value is -2.37. The molecule has 0 aliphatic carbocycles. The molecule has 0 fully saturated rings. The van der Waals surface area contributed by atoms with Crippen molar-refractivity contribution in [3.05, 3.63) is 36.5 Å². The van der Waals surface area contributed by atoms with Crippen LogP contribution in [0.1, 0.15) is 387 Å². The van der Waals surface area contributed by atoms with Gasteiger partial charge in [-0.2, -0.15) is 0 Å². The van der Waals surface area contributed by atoms with Gasteiger partial charge in [0.2, 0.25) is 0 Å². The van der Waals surface area contributed by atoms with E-state index in [0.717, 1.165) is 64.2 Å². The molecule has 0 spiro atoms. The van der Waals surface area contributed by atoms with Crippen LogP contribution in [-0.4, -0.2) is 37.2 Å². The first-order valence-electron chi connectivity index (χ1n) is 35.0. The lowest BCUT2D eigenvalue weighted by atomic mass is 10.0. The van der Waals surface area contributed by atoms with Gasteiger partial charge in [-0.15, -0.1) is 0 Å². The van der Waals surface area contributed by atoms with Crippen molar-refractivity contribution in [2.24, 2.45) is 0 Å². The molecule has 0 saturated carbocycles. The number of carbonyl (C=O) groups is 3. The molecule has 0 heterocycles. The molecule has 0 amide bonds. The van der Waals surface area contributed by atoms with Crippen LogP contribution in [0.25, 0.3) is 0 Å². The Morgan fingerprint density at radius 2 is 0.462 bits per heavy atom. The highest BCUT2D eigenvalue weighted by Crippen LogP contribution is 2.18. The van der Waals surface area contributed by atoms with E-state index in [1.807, 2.05) is 0 Å². The van der Waals surface area contributed by atoms with Crippen LogP contribution in [-0.2, 0) is 28.6 Å². The molecule has 78 heavy (non-hydrogen) atoms. The van der Waals surface area contributed by atoms with Gasteiger partial charge in [-0.05, 0) is 77.0 Å². The lowest BCUT2D eigenvalue weighted by molar-refractivity contribution is -0.167. The minimum atomic E-state index is -0.771. The minimum Gasteiger partial charge on any atom is -0.462 e. The third-order valence-electron chi connectivity index (χ3n) is 15.9. The highest BCUT2D eigenvalue weighted by molar-refractivity contribution is 5.71. The fraction of sp³-hybridized carbons (Fsp3) is 0.875. The zero-order valence-electron chi connectivity index (χ0n) is 52.7. The van der Waals surface area contributed by atoms with Gasteiger partial charge in [-0.3, -0.25) is 14.4 Å². The molecule has 1 unspecified atom stereocenters. The Labute approximate surface area is 486 Å². The lowest BCUT2D eigenvalue weighted by Crippen LogP contribution is -2.30. The monoisotopic (exact) mass is 1100 g/mol. The lowest BCUT2D eigenvalue weighted by Gasteiger charge is -2.18. The number of unbranched alkanes of at least 4 members (excludes halogenated alkanes) is 48. The third kappa shape index (κ3) is 64.5. The van der Waals surface area contributed by atoms with Gasteiger partial charge in [0.25, 0.3) is 0 Å². The first kappa shape index (κ1) is 75.6. The van der Waals surface area contributed by atoms with Crippen molar-refractivity contribution in [1.82, 2.24) is 0 Å². The largest absolute Gasteiger partial charge is 0.462 e. The van der Waals surface area contributed by atoms with Crippen LogP contribution in [0.15, 0.2) is 36.5 Å². The van der Waals surface area contributed by atoms with Gasteiger partial charge in [0.15, 0.2) is 6.10 Å². The van der Waals surface area contributed by atoms with Crippen LogP contribution in [0.2, 0.25) is 0 Å². The third-order valence-corrected chi connectivity index (χ3v) is 15.9. The van der Waals surface area contributed by atoms with E-state index >= 15 is 0 Å². The van der Waals surface area contributed by atoms with E-state index in [2.05, 4.69) is 57.2 Å². The van der Waals surface area contributed by atoms with Crippen molar-refractivity contribution < 1.29 is 28.6 Å². The van der Waals surface area contributed by atoms with Gasteiger partial charge < -0.3 is 14.2 Å². The maximum atomic E-state index is 12.9. The summed E-state index contributed by atoms with van der Waals surface area (Å²) in [7, 11) is 0. The Balaban J connectivity index is 4.12. The smallest absolute Gasteiger partial charge is 0.306 e. The quantitative estimate of drug-likeness (QED) is 0.0261. The summed E-state index contributed by atoms with van der Waals surface area (Å²) < 4.78 is 17.0. The Morgan fingerprint density at radius 3 is 0.718 bits per heavy atom. The van der Waals surface area contributed by atoms with Crippen molar-refractivity contribution >= 4 is 17.9 Å². The molecule has 458 valence electrons. The summed E-state index contributed by atoms with van der Waals surface area (Å²) in [6.07, 6.45) is 83.2. The summed E-state index contributed by atoms with van der Waals surface area (Å²) in [6, 6.07) is 0. The summed E-state index contributed by atoms with van der Waals surface area (Å²) in [4.78, 5) is 38.3. The zero-order chi connectivity index (χ0) is 56.4. The molecule has 0 radical (unpaired) electrons. The molecule has 0 aliphatic rings. The summed E-state index contributed by atoms with van der Waals surface area (Å²) >= 11 is 0. The maximum absolute atomic E-state index is 12.9. The molecule has 0 rings (SSSR count).